The van der Waals surface area contributed by atoms with Gasteiger partial charge in [0.2, 0.25) is 0 Å². The molecule has 0 saturated carbocycles. The zero-order chi connectivity index (χ0) is 9.26. The van der Waals surface area contributed by atoms with Crippen LogP contribution in [0.25, 0.3) is 11.5 Å². The highest BCUT2D eigenvalue weighted by atomic mass is 16.5. The van der Waals surface area contributed by atoms with Crippen LogP contribution < -0.4 is 5.73 Å². The van der Waals surface area contributed by atoms with Crippen LogP contribution in [-0.2, 0) is 0 Å². The maximum Gasteiger partial charge on any atom is 0.257 e. The summed E-state index contributed by atoms with van der Waals surface area (Å²) < 4.78 is 4.99. The summed E-state index contributed by atoms with van der Waals surface area (Å²) in [6, 6.07) is 7.30. The summed E-state index contributed by atoms with van der Waals surface area (Å²) in [7, 11) is 0. The number of benzene rings is 1. The molecule has 0 aliphatic heterocycles. The van der Waals surface area contributed by atoms with E-state index >= 15 is 0 Å². The molecule has 0 aliphatic rings. The predicted octanol–water partition coefficient (Wildman–Crippen LogP) is 1.63. The summed E-state index contributed by atoms with van der Waals surface area (Å²) in [5.74, 6) is 1.16. The second-order valence-electron chi connectivity index (χ2n) is 2.77. The van der Waals surface area contributed by atoms with Crippen LogP contribution in [0.15, 0.2) is 28.8 Å². The van der Waals surface area contributed by atoms with Gasteiger partial charge in [0, 0.05) is 11.3 Å². The summed E-state index contributed by atoms with van der Waals surface area (Å²) in [5.41, 5.74) is 7.15. The van der Waals surface area contributed by atoms with Gasteiger partial charge in [0.25, 0.3) is 5.89 Å². The van der Waals surface area contributed by atoms with Gasteiger partial charge in [0.1, 0.15) is 0 Å². The zero-order valence-corrected chi connectivity index (χ0v) is 7.19. The molecule has 0 bridgehead atoms. The first-order chi connectivity index (χ1) is 6.25. The van der Waals surface area contributed by atoms with Crippen molar-refractivity contribution < 1.29 is 4.52 Å². The first kappa shape index (κ1) is 7.79. The van der Waals surface area contributed by atoms with Crippen molar-refractivity contribution in [3.8, 4) is 11.5 Å². The molecule has 1 aromatic carbocycles. The molecule has 0 atom stereocenters. The van der Waals surface area contributed by atoms with Crippen LogP contribution in [0.3, 0.4) is 0 Å². The number of nitrogens with two attached hydrogens (primary N) is 1. The predicted molar refractivity (Wildman–Crippen MR) is 48.9 cm³/mol. The molecular formula is C9H9N3O. The molecule has 0 radical (unpaired) electrons. The van der Waals surface area contributed by atoms with Crippen LogP contribution in [0.5, 0.6) is 0 Å². The maximum absolute atomic E-state index is 5.54. The lowest BCUT2D eigenvalue weighted by Gasteiger charge is -1.93. The Morgan fingerprint density at radius 2 is 1.92 bits per heavy atom. The number of hydrogen-bond acceptors (Lipinski definition) is 4. The van der Waals surface area contributed by atoms with E-state index in [1.54, 1.807) is 19.1 Å². The Bertz CT molecular complexity index is 405. The number of hydrogen-bond donors (Lipinski definition) is 1. The molecule has 1 aromatic heterocycles. The van der Waals surface area contributed by atoms with Gasteiger partial charge in [-0.2, -0.15) is 4.98 Å². The molecule has 2 rings (SSSR count). The van der Waals surface area contributed by atoms with Crippen molar-refractivity contribution in [1.29, 1.82) is 0 Å². The Labute approximate surface area is 75.4 Å². The van der Waals surface area contributed by atoms with Gasteiger partial charge in [-0.25, -0.2) is 0 Å². The third-order valence-electron chi connectivity index (χ3n) is 1.69. The van der Waals surface area contributed by atoms with Gasteiger partial charge in [-0.1, -0.05) is 5.16 Å². The molecular weight excluding hydrogens is 166 g/mol. The van der Waals surface area contributed by atoms with Gasteiger partial charge in [0.05, 0.1) is 0 Å². The van der Waals surface area contributed by atoms with Gasteiger partial charge in [0.15, 0.2) is 5.82 Å². The van der Waals surface area contributed by atoms with Crippen LogP contribution in [-0.4, -0.2) is 10.1 Å². The summed E-state index contributed by atoms with van der Waals surface area (Å²) in [4.78, 5) is 4.09. The normalized spacial score (nSPS) is 10.2. The highest BCUT2D eigenvalue weighted by Crippen LogP contribution is 2.17. The first-order valence-electron chi connectivity index (χ1n) is 3.92. The third kappa shape index (κ3) is 1.51. The highest BCUT2D eigenvalue weighted by Gasteiger charge is 2.04. The fourth-order valence-corrected chi connectivity index (χ4v) is 1.04. The van der Waals surface area contributed by atoms with Crippen molar-refractivity contribution in [3.05, 3.63) is 30.1 Å². The fraction of sp³-hybridized carbons (Fsp3) is 0.111. The smallest absolute Gasteiger partial charge is 0.257 e. The topological polar surface area (TPSA) is 64.9 Å². The maximum atomic E-state index is 5.54. The Kier molecular flexibility index (Phi) is 1.73. The molecule has 66 valence electrons. The summed E-state index contributed by atoms with van der Waals surface area (Å²) >= 11 is 0. The number of nitrogen functional groups attached to an aromatic ring is 1. The Balaban J connectivity index is 2.41. The van der Waals surface area contributed by atoms with E-state index in [4.69, 9.17) is 10.3 Å². The lowest BCUT2D eigenvalue weighted by Crippen LogP contribution is -1.83. The minimum Gasteiger partial charge on any atom is -0.399 e. The van der Waals surface area contributed by atoms with E-state index in [9.17, 15) is 0 Å². The van der Waals surface area contributed by atoms with Crippen molar-refractivity contribution in [2.45, 2.75) is 6.92 Å². The minimum absolute atomic E-state index is 0.525. The Morgan fingerprint density at radius 3 is 2.46 bits per heavy atom. The molecule has 0 fully saturated rings. The molecule has 0 spiro atoms. The Hall–Kier alpha value is -1.84. The fourth-order valence-electron chi connectivity index (χ4n) is 1.04. The minimum atomic E-state index is 0.525. The third-order valence-corrected chi connectivity index (χ3v) is 1.69. The van der Waals surface area contributed by atoms with E-state index in [1.165, 1.54) is 0 Å². The van der Waals surface area contributed by atoms with E-state index in [2.05, 4.69) is 10.1 Å². The van der Waals surface area contributed by atoms with E-state index in [0.717, 1.165) is 11.3 Å². The monoisotopic (exact) mass is 175 g/mol. The van der Waals surface area contributed by atoms with Crippen LogP contribution >= 0.6 is 0 Å². The van der Waals surface area contributed by atoms with Gasteiger partial charge >= 0.3 is 0 Å². The lowest BCUT2D eigenvalue weighted by molar-refractivity contribution is 0.425. The van der Waals surface area contributed by atoms with Gasteiger partial charge < -0.3 is 10.3 Å². The van der Waals surface area contributed by atoms with Crippen LogP contribution in [0.2, 0.25) is 0 Å². The van der Waals surface area contributed by atoms with E-state index in [1.807, 2.05) is 12.1 Å². The van der Waals surface area contributed by atoms with Crippen LogP contribution in [0.1, 0.15) is 5.82 Å². The zero-order valence-electron chi connectivity index (χ0n) is 7.19. The first-order valence-corrected chi connectivity index (χ1v) is 3.92. The second-order valence-corrected chi connectivity index (χ2v) is 2.77. The largest absolute Gasteiger partial charge is 0.399 e. The molecule has 0 amide bonds. The van der Waals surface area contributed by atoms with Gasteiger partial charge in [-0.05, 0) is 31.2 Å². The number of aryl methyl sites for hydroxylation is 1. The van der Waals surface area contributed by atoms with Crippen LogP contribution in [0, 0.1) is 6.92 Å². The van der Waals surface area contributed by atoms with Crippen molar-refractivity contribution in [1.82, 2.24) is 10.1 Å². The molecule has 4 nitrogen and oxygen atoms in total. The van der Waals surface area contributed by atoms with Crippen molar-refractivity contribution >= 4 is 5.69 Å². The van der Waals surface area contributed by atoms with Crippen molar-refractivity contribution in [3.63, 3.8) is 0 Å². The SMILES string of the molecule is Cc1noc(-c2ccc(N)cc2)n1. The molecule has 13 heavy (non-hydrogen) atoms. The molecule has 0 saturated heterocycles. The Morgan fingerprint density at radius 1 is 1.23 bits per heavy atom. The molecule has 2 N–H and O–H groups in total. The molecule has 4 heteroatoms. The summed E-state index contributed by atoms with van der Waals surface area (Å²) in [5, 5.41) is 3.70. The van der Waals surface area contributed by atoms with Crippen molar-refractivity contribution in [2.24, 2.45) is 0 Å². The summed E-state index contributed by atoms with van der Waals surface area (Å²) in [6.07, 6.45) is 0. The van der Waals surface area contributed by atoms with Crippen molar-refractivity contribution in [2.75, 3.05) is 5.73 Å². The summed E-state index contributed by atoms with van der Waals surface area (Å²) in [6.45, 7) is 1.78. The van der Waals surface area contributed by atoms with Gasteiger partial charge in [-0.15, -0.1) is 0 Å². The average molecular weight is 175 g/mol. The number of aromatic nitrogens is 2. The second kappa shape index (κ2) is 2.90. The number of nitrogens with zero attached hydrogens (tertiary/aromatic N) is 2. The van der Waals surface area contributed by atoms with Crippen LogP contribution in [0.4, 0.5) is 5.69 Å². The quantitative estimate of drug-likeness (QED) is 0.669. The molecule has 0 aliphatic carbocycles. The molecule has 0 unspecified atom stereocenters. The van der Waals surface area contributed by atoms with E-state index in [0.29, 0.717) is 11.7 Å². The van der Waals surface area contributed by atoms with E-state index < -0.39 is 0 Å². The molecule has 1 heterocycles. The highest BCUT2D eigenvalue weighted by molar-refractivity contribution is 5.56. The number of anilines is 1. The van der Waals surface area contributed by atoms with E-state index in [-0.39, 0.29) is 0 Å². The standard InChI is InChI=1S/C9H9N3O/c1-6-11-9(13-12-6)7-2-4-8(10)5-3-7/h2-5H,10H2,1H3. The molecule has 2 aromatic rings. The lowest BCUT2D eigenvalue weighted by atomic mass is 10.2. The number of rotatable bonds is 1. The van der Waals surface area contributed by atoms with Gasteiger partial charge in [-0.3, -0.25) is 0 Å². The average Bonchev–Trinajstić information content (AvgIpc) is 2.53.